The number of hydrogen-bond acceptors (Lipinski definition) is 1. The minimum atomic E-state index is 0. The lowest BCUT2D eigenvalue weighted by Gasteiger charge is -2.19. The van der Waals surface area contributed by atoms with Gasteiger partial charge in [0.2, 0.25) is 0 Å². The zero-order chi connectivity index (χ0) is 7.44. The SMILES string of the molecule is CC(C)NC(C)C(C)C.Cl. The maximum atomic E-state index is 3.44. The van der Waals surface area contributed by atoms with Gasteiger partial charge in [0.25, 0.3) is 0 Å². The van der Waals surface area contributed by atoms with E-state index in [9.17, 15) is 0 Å². The summed E-state index contributed by atoms with van der Waals surface area (Å²) in [5.41, 5.74) is 0. The highest BCUT2D eigenvalue weighted by molar-refractivity contribution is 5.85. The first-order chi connectivity index (χ1) is 4.04. The van der Waals surface area contributed by atoms with Gasteiger partial charge in [0.15, 0.2) is 0 Å². The van der Waals surface area contributed by atoms with Crippen LogP contribution in [0.15, 0.2) is 0 Å². The third-order valence-corrected chi connectivity index (χ3v) is 1.60. The Kier molecular flexibility index (Phi) is 7.72. The van der Waals surface area contributed by atoms with Crippen LogP contribution in [0.2, 0.25) is 0 Å². The summed E-state index contributed by atoms with van der Waals surface area (Å²) < 4.78 is 0. The summed E-state index contributed by atoms with van der Waals surface area (Å²) in [7, 11) is 0. The minimum Gasteiger partial charge on any atom is -0.312 e. The molecule has 0 saturated heterocycles. The van der Waals surface area contributed by atoms with Gasteiger partial charge >= 0.3 is 0 Å². The largest absolute Gasteiger partial charge is 0.312 e. The van der Waals surface area contributed by atoms with Crippen LogP contribution in [0, 0.1) is 5.92 Å². The highest BCUT2D eigenvalue weighted by atomic mass is 35.5. The van der Waals surface area contributed by atoms with Gasteiger partial charge in [-0.2, -0.15) is 0 Å². The molecule has 1 unspecified atom stereocenters. The number of nitrogens with one attached hydrogen (secondary N) is 1. The van der Waals surface area contributed by atoms with E-state index >= 15 is 0 Å². The quantitative estimate of drug-likeness (QED) is 0.678. The molecule has 0 aliphatic heterocycles. The Balaban J connectivity index is 0. The van der Waals surface area contributed by atoms with E-state index in [1.807, 2.05) is 0 Å². The van der Waals surface area contributed by atoms with Crippen molar-refractivity contribution < 1.29 is 0 Å². The molecule has 0 aliphatic carbocycles. The van der Waals surface area contributed by atoms with Crippen molar-refractivity contribution in [2.24, 2.45) is 5.92 Å². The van der Waals surface area contributed by atoms with Gasteiger partial charge in [-0.3, -0.25) is 0 Å². The van der Waals surface area contributed by atoms with Crippen molar-refractivity contribution >= 4 is 12.4 Å². The molecule has 0 fully saturated rings. The molecule has 0 radical (unpaired) electrons. The summed E-state index contributed by atoms with van der Waals surface area (Å²) in [6, 6.07) is 1.26. The molecule has 1 N–H and O–H groups in total. The average molecular weight is 166 g/mol. The van der Waals surface area contributed by atoms with Gasteiger partial charge in [-0.05, 0) is 12.8 Å². The highest BCUT2D eigenvalue weighted by Gasteiger charge is 2.06. The highest BCUT2D eigenvalue weighted by Crippen LogP contribution is 2.00. The molecule has 0 rings (SSSR count). The van der Waals surface area contributed by atoms with E-state index in [4.69, 9.17) is 0 Å². The Morgan fingerprint density at radius 3 is 1.40 bits per heavy atom. The van der Waals surface area contributed by atoms with Gasteiger partial charge < -0.3 is 5.32 Å². The third-order valence-electron chi connectivity index (χ3n) is 1.60. The van der Waals surface area contributed by atoms with Gasteiger partial charge in [0, 0.05) is 12.1 Å². The number of rotatable bonds is 3. The van der Waals surface area contributed by atoms with Crippen molar-refractivity contribution in [1.82, 2.24) is 5.32 Å². The topological polar surface area (TPSA) is 12.0 Å². The second kappa shape index (κ2) is 5.99. The van der Waals surface area contributed by atoms with Crippen LogP contribution in [0.25, 0.3) is 0 Å². The molecule has 1 atom stereocenters. The van der Waals surface area contributed by atoms with Gasteiger partial charge in [-0.25, -0.2) is 0 Å². The normalized spacial score (nSPS) is 13.5. The fraction of sp³-hybridized carbons (Fsp3) is 1.00. The molecule has 1 nitrogen and oxygen atoms in total. The zero-order valence-corrected chi connectivity index (χ0v) is 8.46. The predicted octanol–water partition coefficient (Wildman–Crippen LogP) is 2.45. The molecule has 2 heteroatoms. The fourth-order valence-electron chi connectivity index (χ4n) is 0.718. The maximum absolute atomic E-state index is 3.44. The molecule has 10 heavy (non-hydrogen) atoms. The molecule has 0 spiro atoms. The van der Waals surface area contributed by atoms with E-state index in [1.54, 1.807) is 0 Å². The Bertz CT molecular complexity index is 71.7. The van der Waals surface area contributed by atoms with Crippen LogP contribution in [0.5, 0.6) is 0 Å². The molecule has 0 amide bonds. The average Bonchev–Trinajstić information content (AvgIpc) is 1.63. The first kappa shape index (κ1) is 12.9. The van der Waals surface area contributed by atoms with Crippen molar-refractivity contribution in [2.45, 2.75) is 46.7 Å². The molecular weight excluding hydrogens is 146 g/mol. The van der Waals surface area contributed by atoms with Gasteiger partial charge in [-0.1, -0.05) is 27.7 Å². The van der Waals surface area contributed by atoms with Crippen LogP contribution < -0.4 is 5.32 Å². The summed E-state index contributed by atoms with van der Waals surface area (Å²) in [6.45, 7) is 11.1. The van der Waals surface area contributed by atoms with Crippen LogP contribution in [0.1, 0.15) is 34.6 Å². The summed E-state index contributed by atoms with van der Waals surface area (Å²) in [5, 5.41) is 3.44. The molecule has 0 saturated carbocycles. The molecular formula is C8H20ClN. The number of halogens is 1. The summed E-state index contributed by atoms with van der Waals surface area (Å²) in [5.74, 6) is 0.743. The third kappa shape index (κ3) is 6.37. The molecule has 0 aromatic carbocycles. The zero-order valence-electron chi connectivity index (χ0n) is 7.64. The van der Waals surface area contributed by atoms with E-state index in [0.29, 0.717) is 12.1 Å². The Morgan fingerprint density at radius 2 is 1.30 bits per heavy atom. The smallest absolute Gasteiger partial charge is 0.00640 e. The van der Waals surface area contributed by atoms with Crippen LogP contribution in [0.4, 0.5) is 0 Å². The van der Waals surface area contributed by atoms with Crippen LogP contribution in [-0.4, -0.2) is 12.1 Å². The first-order valence-electron chi connectivity index (χ1n) is 3.80. The Morgan fingerprint density at radius 1 is 0.900 bits per heavy atom. The van der Waals surface area contributed by atoms with Gasteiger partial charge in [0.05, 0.1) is 0 Å². The minimum absolute atomic E-state index is 0. The molecule has 0 aliphatic rings. The van der Waals surface area contributed by atoms with Crippen molar-refractivity contribution in [3.63, 3.8) is 0 Å². The summed E-state index contributed by atoms with van der Waals surface area (Å²) >= 11 is 0. The predicted molar refractivity (Wildman–Crippen MR) is 49.8 cm³/mol. The lowest BCUT2D eigenvalue weighted by atomic mass is 10.1. The van der Waals surface area contributed by atoms with Gasteiger partial charge in [0.1, 0.15) is 0 Å². The fourth-order valence-corrected chi connectivity index (χ4v) is 0.718. The van der Waals surface area contributed by atoms with Crippen molar-refractivity contribution in [3.8, 4) is 0 Å². The second-order valence-electron chi connectivity index (χ2n) is 3.35. The molecule has 0 bridgehead atoms. The van der Waals surface area contributed by atoms with E-state index in [0.717, 1.165) is 5.92 Å². The van der Waals surface area contributed by atoms with Crippen LogP contribution in [-0.2, 0) is 0 Å². The molecule has 0 aromatic heterocycles. The maximum Gasteiger partial charge on any atom is 0.00640 e. The van der Waals surface area contributed by atoms with Crippen LogP contribution in [0.3, 0.4) is 0 Å². The first-order valence-corrected chi connectivity index (χ1v) is 3.80. The van der Waals surface area contributed by atoms with Crippen molar-refractivity contribution in [2.75, 3.05) is 0 Å². The van der Waals surface area contributed by atoms with E-state index in [1.165, 1.54) is 0 Å². The van der Waals surface area contributed by atoms with E-state index in [2.05, 4.69) is 39.9 Å². The van der Waals surface area contributed by atoms with Crippen molar-refractivity contribution in [1.29, 1.82) is 0 Å². The molecule has 0 aromatic rings. The standard InChI is InChI=1S/C8H19N.ClH/c1-6(2)8(5)9-7(3)4;/h6-9H,1-5H3;1H. The van der Waals surface area contributed by atoms with Gasteiger partial charge in [-0.15, -0.1) is 12.4 Å². The van der Waals surface area contributed by atoms with E-state index in [-0.39, 0.29) is 12.4 Å². The van der Waals surface area contributed by atoms with Crippen molar-refractivity contribution in [3.05, 3.63) is 0 Å². The number of hydrogen-bond donors (Lipinski definition) is 1. The molecule has 0 heterocycles. The Hall–Kier alpha value is 0.250. The summed E-state index contributed by atoms with van der Waals surface area (Å²) in [4.78, 5) is 0. The Labute approximate surface area is 71.0 Å². The monoisotopic (exact) mass is 165 g/mol. The van der Waals surface area contributed by atoms with Crippen LogP contribution >= 0.6 is 12.4 Å². The lowest BCUT2D eigenvalue weighted by molar-refractivity contribution is 0.396. The lowest BCUT2D eigenvalue weighted by Crippen LogP contribution is -2.35. The second-order valence-corrected chi connectivity index (χ2v) is 3.35. The summed E-state index contributed by atoms with van der Waals surface area (Å²) in [6.07, 6.45) is 0. The van der Waals surface area contributed by atoms with E-state index < -0.39 is 0 Å². The molecule has 64 valence electrons.